The number of aromatic hydroxyl groups is 1. The van der Waals surface area contributed by atoms with Crippen LogP contribution < -0.4 is 42.6 Å². The van der Waals surface area contributed by atoms with E-state index in [1.165, 1.54) is 9.13 Å². The number of phenolic OH excluding ortho intramolecular Hbond substituents is 1. The Bertz CT molecular complexity index is 2570. The van der Waals surface area contributed by atoms with Crippen LogP contribution >= 0.6 is 47.0 Å². The van der Waals surface area contributed by atoms with Gasteiger partial charge in [-0.1, -0.05) is 19.9 Å². The van der Waals surface area contributed by atoms with Crippen molar-refractivity contribution in [3.63, 3.8) is 0 Å². The summed E-state index contributed by atoms with van der Waals surface area (Å²) in [5.41, 5.74) is 2.52. The minimum Gasteiger partial charge on any atom is -0.507 e. The summed E-state index contributed by atoms with van der Waals surface area (Å²) < 4.78 is 9.14. The van der Waals surface area contributed by atoms with Gasteiger partial charge in [-0.15, -0.1) is 0 Å². The van der Waals surface area contributed by atoms with Crippen molar-refractivity contribution in [3.8, 4) is 22.9 Å². The van der Waals surface area contributed by atoms with Gasteiger partial charge in [0, 0.05) is 62.5 Å². The number of H-pyrrole nitrogens is 1. The predicted octanol–water partition coefficient (Wildman–Crippen LogP) is 4.38. The summed E-state index contributed by atoms with van der Waals surface area (Å²) in [6, 6.07) is 16.8. The number of nitrogens with one attached hydrogen (secondary N) is 6. The molecule has 5 aromatic rings. The second kappa shape index (κ2) is 22.6. The number of phenols is 1. The summed E-state index contributed by atoms with van der Waals surface area (Å²) in [5.74, 6) is 0.150. The lowest BCUT2D eigenvalue weighted by atomic mass is 10.1. The van der Waals surface area contributed by atoms with Crippen molar-refractivity contribution in [2.24, 2.45) is 4.99 Å². The molecule has 3 amide bonds. The number of anilines is 1. The molecule has 0 spiro atoms. The molecule has 7 N–H and O–H groups in total. The monoisotopic (exact) mass is 978 g/mol. The molecule has 0 saturated heterocycles. The number of nitrogens with zero attached hydrogens (tertiary/aromatic N) is 4. The topological polar surface area (TPSA) is 226 Å². The highest BCUT2D eigenvalue weighted by atomic mass is 125. The Morgan fingerprint density at radius 1 is 0.902 bits per heavy atom. The number of imidazole rings is 1. The van der Waals surface area contributed by atoms with Crippen LogP contribution in [0.15, 0.2) is 75.2 Å². The molecule has 0 aliphatic rings. The molecule has 5 rings (SSSR count). The summed E-state index contributed by atoms with van der Waals surface area (Å²) in [7, 11) is 0. The minimum atomic E-state index is -0.405. The maximum Gasteiger partial charge on any atom is 0.332 e. The largest absolute Gasteiger partial charge is 0.507 e. The van der Waals surface area contributed by atoms with Crippen molar-refractivity contribution in [3.05, 3.63) is 96.2 Å². The zero-order valence-corrected chi connectivity index (χ0v) is 37.2. The number of isothiocyanates is 1. The normalized spacial score (nSPS) is 10.7. The highest BCUT2D eigenvalue weighted by molar-refractivity contribution is 14.1. The van der Waals surface area contributed by atoms with E-state index in [0.717, 1.165) is 5.56 Å². The van der Waals surface area contributed by atoms with Gasteiger partial charge in [0.1, 0.15) is 22.8 Å². The first kappa shape index (κ1) is 46.1. The molecule has 0 saturated carbocycles. The number of aryl methyl sites for hydroxylation is 2. The van der Waals surface area contributed by atoms with E-state index in [9.17, 15) is 29.1 Å². The Hall–Kier alpha value is -5.96. The molecule has 61 heavy (non-hydrogen) atoms. The van der Waals surface area contributed by atoms with Crippen LogP contribution in [0.2, 0.25) is 0 Å². The number of aliphatic imine (C=N–C) groups is 1. The number of carbonyl (C=O) groups is 3. The van der Waals surface area contributed by atoms with Crippen LogP contribution in [0.3, 0.4) is 0 Å². The molecule has 0 radical (unpaired) electrons. The number of benzene rings is 3. The second-order valence-corrected chi connectivity index (χ2v) is 15.3. The zero-order valence-electron chi connectivity index (χ0n) is 33.4. The van der Waals surface area contributed by atoms with Crippen molar-refractivity contribution < 1.29 is 24.2 Å². The number of hydrogen-bond acceptors (Lipinski definition) is 11. The van der Waals surface area contributed by atoms with E-state index in [4.69, 9.17) is 29.2 Å². The molecular formula is C41H45IN10O7S2. The van der Waals surface area contributed by atoms with E-state index in [0.29, 0.717) is 70.1 Å². The Labute approximate surface area is 374 Å². The first-order chi connectivity index (χ1) is 29.4. The van der Waals surface area contributed by atoms with E-state index in [-0.39, 0.29) is 78.7 Å². The quantitative estimate of drug-likeness (QED) is 0.0250. The van der Waals surface area contributed by atoms with Crippen LogP contribution in [0.25, 0.3) is 22.6 Å². The Kier molecular flexibility index (Phi) is 17.1. The number of halogens is 1. The van der Waals surface area contributed by atoms with Crippen LogP contribution in [0.4, 0.5) is 11.4 Å². The molecular weight excluding hydrogens is 934 g/mol. The van der Waals surface area contributed by atoms with Gasteiger partial charge in [-0.05, 0) is 126 Å². The zero-order chi connectivity index (χ0) is 43.9. The third-order valence-corrected chi connectivity index (χ3v) is 10.2. The number of amides is 3. The number of ether oxygens (including phenoxy) is 1. The predicted molar refractivity (Wildman–Crippen MR) is 249 cm³/mol. The Morgan fingerprint density at radius 2 is 1.59 bits per heavy atom. The number of thiocarbonyl (C=S) groups is 2. The van der Waals surface area contributed by atoms with Crippen LogP contribution in [0, 0.1) is 3.57 Å². The number of carbonyl (C=O) groups excluding carboxylic acids is 3. The van der Waals surface area contributed by atoms with Crippen LogP contribution in [0.1, 0.15) is 49.0 Å². The van der Waals surface area contributed by atoms with Gasteiger partial charge < -0.3 is 41.4 Å². The van der Waals surface area contributed by atoms with Crippen LogP contribution in [0.5, 0.6) is 11.5 Å². The van der Waals surface area contributed by atoms with Gasteiger partial charge in [0.05, 0.1) is 14.4 Å². The summed E-state index contributed by atoms with van der Waals surface area (Å²) in [6.07, 6.45) is 2.12. The van der Waals surface area contributed by atoms with Crippen LogP contribution in [-0.4, -0.2) is 85.0 Å². The lowest BCUT2D eigenvalue weighted by Gasteiger charge is -2.13. The molecule has 3 aromatic carbocycles. The molecule has 0 atom stereocenters. The fourth-order valence-electron chi connectivity index (χ4n) is 6.08. The van der Waals surface area contributed by atoms with E-state index < -0.39 is 11.5 Å². The Morgan fingerprint density at radius 3 is 2.30 bits per heavy atom. The lowest BCUT2D eigenvalue weighted by Crippen LogP contribution is -2.40. The minimum absolute atomic E-state index is 0.164. The standard InChI is InChI=1S/C41H45IN10O7S2/c1-3-17-51-37-35(39(57)52(18-4-2)41(51)58)49-36(50-37)26-7-9-30(10-8-26)59-23-34(55)44-14-16-46-40(61)48-29-21-27(20-28(22-29)47-24-60)38(56)45-15-13-43-33(54)12-6-25-5-11-32(53)31(42)19-25/h5,7-11,19-22,53H,3-4,6,12-18,23H2,1-2H3,(H,43,54)(H,44,55)(H,45,56)(H,49,50)(H2,46,48,61)/i42-2. The molecule has 0 unspecified atom stereocenters. The third-order valence-electron chi connectivity index (χ3n) is 8.98. The highest BCUT2D eigenvalue weighted by Gasteiger charge is 2.18. The van der Waals surface area contributed by atoms with Crippen LogP contribution in [-0.2, 0) is 29.1 Å². The number of hydrogen-bond donors (Lipinski definition) is 7. The molecule has 2 heterocycles. The average molecular weight is 979 g/mol. The molecule has 17 nitrogen and oxygen atoms in total. The number of fused-ring (bicyclic) bond motifs is 1. The fraction of sp³-hybridized carbons (Fsp3) is 0.317. The highest BCUT2D eigenvalue weighted by Crippen LogP contribution is 2.24. The smallest absolute Gasteiger partial charge is 0.332 e. The van der Waals surface area contributed by atoms with Crippen molar-refractivity contribution in [1.29, 1.82) is 0 Å². The average Bonchev–Trinajstić information content (AvgIpc) is 3.70. The van der Waals surface area contributed by atoms with Crippen molar-refractivity contribution in [2.75, 3.05) is 38.1 Å². The number of aromatic nitrogens is 4. The molecule has 0 fully saturated rings. The van der Waals surface area contributed by atoms with Crippen molar-refractivity contribution in [1.82, 2.24) is 40.4 Å². The molecule has 2 aromatic heterocycles. The van der Waals surface area contributed by atoms with Crippen molar-refractivity contribution >= 4 is 97.6 Å². The van der Waals surface area contributed by atoms with E-state index in [2.05, 4.69) is 46.7 Å². The van der Waals surface area contributed by atoms with Gasteiger partial charge in [0.25, 0.3) is 17.4 Å². The maximum absolute atomic E-state index is 13.1. The van der Waals surface area contributed by atoms with Gasteiger partial charge in [-0.3, -0.25) is 28.3 Å². The second-order valence-electron chi connectivity index (χ2n) is 13.6. The Balaban J connectivity index is 1.04. The summed E-state index contributed by atoms with van der Waals surface area (Å²) >= 11 is 12.2. The van der Waals surface area contributed by atoms with Gasteiger partial charge in [0.2, 0.25) is 5.91 Å². The van der Waals surface area contributed by atoms with E-state index in [1.54, 1.807) is 54.6 Å². The van der Waals surface area contributed by atoms with E-state index >= 15 is 0 Å². The van der Waals surface area contributed by atoms with Gasteiger partial charge >= 0.3 is 5.69 Å². The molecule has 320 valence electrons. The first-order valence-electron chi connectivity index (χ1n) is 19.4. The molecule has 20 heteroatoms. The summed E-state index contributed by atoms with van der Waals surface area (Å²) in [6.45, 7) is 5.29. The third kappa shape index (κ3) is 13.0. The summed E-state index contributed by atoms with van der Waals surface area (Å²) in [4.78, 5) is 75.5. The van der Waals surface area contributed by atoms with E-state index in [1.807, 2.05) is 42.5 Å². The molecule has 0 bridgehead atoms. The van der Waals surface area contributed by atoms with Crippen molar-refractivity contribution in [2.45, 2.75) is 52.6 Å². The lowest BCUT2D eigenvalue weighted by molar-refractivity contribution is -0.123. The fourth-order valence-corrected chi connectivity index (χ4v) is 6.98. The molecule has 0 aliphatic heterocycles. The van der Waals surface area contributed by atoms with Gasteiger partial charge in [-0.25, -0.2) is 9.78 Å². The first-order valence-corrected chi connectivity index (χ1v) is 21.3. The molecule has 0 aliphatic carbocycles. The van der Waals surface area contributed by atoms with Gasteiger partial charge in [-0.2, -0.15) is 4.99 Å². The number of rotatable bonds is 20. The van der Waals surface area contributed by atoms with Gasteiger partial charge in [0.15, 0.2) is 17.4 Å². The SMILES string of the molecule is CCCn1c(=O)c2[nH]c(-c3ccc(OCC(=O)NCCNC(=S)Nc4cc(N=C=S)cc(C(=O)NCCNC(=O)CCc5ccc(O)c([125I])c5)c4)cc3)nc2n(CCC)c1=O. The summed E-state index contributed by atoms with van der Waals surface area (Å²) in [5, 5.41) is 26.5. The number of aromatic amines is 1. The maximum atomic E-state index is 13.1.